The molecule has 0 N–H and O–H groups in total. The van der Waals surface area contributed by atoms with E-state index in [1.54, 1.807) is 24.3 Å². The maximum Gasteiger partial charge on any atom is 0.416 e. The van der Waals surface area contributed by atoms with Crippen LogP contribution in [0.3, 0.4) is 0 Å². The third-order valence-corrected chi connectivity index (χ3v) is 7.00. The number of alkyl halides is 3. The highest BCUT2D eigenvalue weighted by molar-refractivity contribution is 7.93. The molecule has 0 radical (unpaired) electrons. The number of para-hydroxylation sites is 2. The van der Waals surface area contributed by atoms with Gasteiger partial charge in [-0.2, -0.15) is 18.2 Å². The van der Waals surface area contributed by atoms with Gasteiger partial charge >= 0.3 is 12.2 Å². The van der Waals surface area contributed by atoms with E-state index in [0.717, 1.165) is 6.07 Å². The van der Waals surface area contributed by atoms with Crippen molar-refractivity contribution in [2.24, 2.45) is 0 Å². The highest BCUT2D eigenvalue weighted by Crippen LogP contribution is 2.33. The zero-order valence-electron chi connectivity index (χ0n) is 15.8. The first kappa shape index (κ1) is 21.3. The van der Waals surface area contributed by atoms with Crippen molar-refractivity contribution in [2.45, 2.75) is 23.5 Å². The molecule has 1 atom stereocenters. The van der Waals surface area contributed by atoms with Crippen molar-refractivity contribution >= 4 is 21.4 Å². The van der Waals surface area contributed by atoms with Crippen LogP contribution in [0.4, 0.5) is 13.2 Å². The predicted molar refractivity (Wildman–Crippen MR) is 102 cm³/mol. The largest absolute Gasteiger partial charge is 0.486 e. The van der Waals surface area contributed by atoms with Crippen LogP contribution < -0.4 is 14.2 Å². The number of pyridine rings is 1. The summed E-state index contributed by atoms with van der Waals surface area (Å²) in [6.07, 6.45) is -5.35. The minimum absolute atomic E-state index is 0.0336. The van der Waals surface area contributed by atoms with Crippen LogP contribution in [0.2, 0.25) is 0 Å². The molecule has 2 aromatic heterocycles. The number of hydrogen-bond acceptors (Lipinski definition) is 9. The second-order valence-corrected chi connectivity index (χ2v) is 9.52. The molecule has 164 valence electrons. The minimum atomic E-state index is -4.59. The first-order valence-electron chi connectivity index (χ1n) is 8.79. The van der Waals surface area contributed by atoms with Gasteiger partial charge in [0.05, 0.1) is 11.3 Å². The molecule has 8 nitrogen and oxygen atoms in total. The number of aromatic nitrogens is 3. The molecule has 3 heterocycles. The number of aryl methyl sites for hydroxylation is 1. The summed E-state index contributed by atoms with van der Waals surface area (Å²) >= 11 is 0.543. The van der Waals surface area contributed by atoms with E-state index in [1.165, 1.54) is 6.92 Å². The van der Waals surface area contributed by atoms with E-state index in [2.05, 4.69) is 14.3 Å². The molecule has 4 rings (SSSR count). The molecule has 0 spiro atoms. The molecular formula is C18H14F3N3O5S2. The van der Waals surface area contributed by atoms with Crippen LogP contribution >= 0.6 is 11.5 Å². The Balaban J connectivity index is 1.48. The Hall–Kier alpha value is -2.93. The molecule has 1 aliphatic heterocycles. The molecule has 0 saturated carbocycles. The van der Waals surface area contributed by atoms with Gasteiger partial charge in [0, 0.05) is 23.3 Å². The molecule has 0 fully saturated rings. The average molecular weight is 473 g/mol. The molecule has 0 saturated heterocycles. The van der Waals surface area contributed by atoms with Gasteiger partial charge in [-0.1, -0.05) is 12.1 Å². The van der Waals surface area contributed by atoms with E-state index in [4.69, 9.17) is 14.2 Å². The lowest BCUT2D eigenvalue weighted by Crippen LogP contribution is -2.35. The lowest BCUT2D eigenvalue weighted by Gasteiger charge is -2.25. The van der Waals surface area contributed by atoms with E-state index in [0.29, 0.717) is 29.1 Å². The summed E-state index contributed by atoms with van der Waals surface area (Å²) < 4.78 is 83.9. The van der Waals surface area contributed by atoms with Crippen molar-refractivity contribution < 1.29 is 35.8 Å². The van der Waals surface area contributed by atoms with Crippen molar-refractivity contribution in [2.75, 3.05) is 12.4 Å². The van der Waals surface area contributed by atoms with Gasteiger partial charge < -0.3 is 14.2 Å². The molecule has 0 amide bonds. The molecule has 1 aromatic carbocycles. The second-order valence-electron chi connectivity index (χ2n) is 6.56. The van der Waals surface area contributed by atoms with Gasteiger partial charge in [-0.25, -0.2) is 13.4 Å². The van der Waals surface area contributed by atoms with Crippen LogP contribution in [0.5, 0.6) is 23.4 Å². The van der Waals surface area contributed by atoms with E-state index < -0.39 is 45.3 Å². The van der Waals surface area contributed by atoms with E-state index >= 15 is 0 Å². The summed E-state index contributed by atoms with van der Waals surface area (Å²) in [6.45, 7) is 1.41. The van der Waals surface area contributed by atoms with Crippen molar-refractivity contribution in [1.29, 1.82) is 0 Å². The number of nitrogens with zero attached hydrogens (tertiary/aromatic N) is 3. The first-order chi connectivity index (χ1) is 14.6. The van der Waals surface area contributed by atoms with Crippen molar-refractivity contribution in [3.8, 4) is 23.4 Å². The monoisotopic (exact) mass is 473 g/mol. The maximum atomic E-state index is 12.9. The molecule has 0 bridgehead atoms. The molecule has 3 aromatic rings. The predicted octanol–water partition coefficient (Wildman–Crippen LogP) is 3.67. The molecule has 31 heavy (non-hydrogen) atoms. The number of benzene rings is 1. The average Bonchev–Trinajstić information content (AvgIpc) is 3.16. The lowest BCUT2D eigenvalue weighted by atomic mass is 10.2. The quantitative estimate of drug-likeness (QED) is 0.554. The highest BCUT2D eigenvalue weighted by Gasteiger charge is 2.32. The van der Waals surface area contributed by atoms with Crippen LogP contribution in [0.15, 0.2) is 40.7 Å². The molecular weight excluding hydrogens is 459 g/mol. The van der Waals surface area contributed by atoms with Crippen LogP contribution in [0, 0.1) is 6.92 Å². The third kappa shape index (κ3) is 4.88. The third-order valence-electron chi connectivity index (χ3n) is 4.08. The second kappa shape index (κ2) is 7.96. The SMILES string of the molecule is Cc1cc(C(F)(F)F)cc(Oc2nsc(S(=O)(=O)CC3COc4ccccc4O3)n2)n1. The highest BCUT2D eigenvalue weighted by atomic mass is 32.2. The first-order valence-corrected chi connectivity index (χ1v) is 11.2. The number of fused-ring (bicyclic) bond motifs is 1. The fourth-order valence-corrected chi connectivity index (χ4v) is 4.91. The maximum absolute atomic E-state index is 12.9. The summed E-state index contributed by atoms with van der Waals surface area (Å²) in [4.78, 5) is 7.63. The number of halogens is 3. The van der Waals surface area contributed by atoms with Crippen LogP contribution in [0.25, 0.3) is 0 Å². The van der Waals surface area contributed by atoms with Gasteiger partial charge in [-0.3, -0.25) is 0 Å². The van der Waals surface area contributed by atoms with Crippen molar-refractivity contribution in [3.05, 3.63) is 47.7 Å². The molecule has 0 aliphatic carbocycles. The zero-order chi connectivity index (χ0) is 22.2. The number of ether oxygens (including phenoxy) is 3. The zero-order valence-corrected chi connectivity index (χ0v) is 17.4. The fourth-order valence-electron chi connectivity index (χ4n) is 2.77. The Morgan fingerprint density at radius 2 is 1.94 bits per heavy atom. The van der Waals surface area contributed by atoms with Gasteiger partial charge in [-0.05, 0) is 25.1 Å². The summed E-state index contributed by atoms with van der Waals surface area (Å²) in [5, 5.41) is 0. The molecule has 1 aliphatic rings. The number of hydrogen-bond donors (Lipinski definition) is 0. The Morgan fingerprint density at radius 1 is 1.19 bits per heavy atom. The summed E-state index contributed by atoms with van der Waals surface area (Å²) in [5.74, 6) is 0.138. The van der Waals surface area contributed by atoms with Gasteiger partial charge in [0.2, 0.25) is 20.1 Å². The summed E-state index contributed by atoms with van der Waals surface area (Å²) in [5.41, 5.74) is -0.879. The minimum Gasteiger partial charge on any atom is -0.486 e. The van der Waals surface area contributed by atoms with Crippen molar-refractivity contribution in [3.63, 3.8) is 0 Å². The fraction of sp³-hybridized carbons (Fsp3) is 0.278. The van der Waals surface area contributed by atoms with Crippen LogP contribution in [0.1, 0.15) is 11.3 Å². The normalized spacial score (nSPS) is 16.2. The summed E-state index contributed by atoms with van der Waals surface area (Å²) in [6, 6.07) is 8.00. The Kier molecular flexibility index (Phi) is 5.47. The Labute approximate surface area is 178 Å². The van der Waals surface area contributed by atoms with Gasteiger partial charge in [0.15, 0.2) is 11.5 Å². The van der Waals surface area contributed by atoms with E-state index in [9.17, 15) is 21.6 Å². The van der Waals surface area contributed by atoms with Gasteiger partial charge in [-0.15, -0.1) is 4.37 Å². The molecule has 1 unspecified atom stereocenters. The Morgan fingerprint density at radius 3 is 2.68 bits per heavy atom. The van der Waals surface area contributed by atoms with Crippen molar-refractivity contribution in [1.82, 2.24) is 14.3 Å². The smallest absolute Gasteiger partial charge is 0.416 e. The number of rotatable bonds is 5. The Bertz CT molecular complexity index is 1210. The van der Waals surface area contributed by atoms with Crippen LogP contribution in [-0.4, -0.2) is 41.2 Å². The number of sulfone groups is 1. The standard InChI is InChI=1S/C18H14F3N3O5S2/c1-10-6-11(18(19,20)21)7-15(22-10)29-16-23-17(30-24-16)31(25,26)9-12-8-27-13-4-2-3-5-14(13)28-12/h2-7,12H,8-9H2,1H3. The van der Waals surface area contributed by atoms with E-state index in [-0.39, 0.29) is 16.6 Å². The summed E-state index contributed by atoms with van der Waals surface area (Å²) in [7, 11) is -3.91. The van der Waals surface area contributed by atoms with Crippen LogP contribution in [-0.2, 0) is 16.0 Å². The van der Waals surface area contributed by atoms with Gasteiger partial charge in [0.1, 0.15) is 12.7 Å². The van der Waals surface area contributed by atoms with E-state index in [1.807, 2.05) is 0 Å². The topological polar surface area (TPSA) is 100 Å². The van der Waals surface area contributed by atoms with Gasteiger partial charge in [0.25, 0.3) is 0 Å². The lowest BCUT2D eigenvalue weighted by molar-refractivity contribution is -0.137. The molecule has 13 heteroatoms.